The van der Waals surface area contributed by atoms with Crippen molar-refractivity contribution in [1.82, 2.24) is 4.90 Å². The molecule has 1 aliphatic rings. The van der Waals surface area contributed by atoms with Crippen molar-refractivity contribution < 1.29 is 28.7 Å². The summed E-state index contributed by atoms with van der Waals surface area (Å²) in [6.07, 6.45) is 1.53. The quantitative estimate of drug-likeness (QED) is 0.471. The highest BCUT2D eigenvalue weighted by molar-refractivity contribution is 8.18. The maximum atomic E-state index is 12.1. The van der Waals surface area contributed by atoms with E-state index in [1.54, 1.807) is 24.3 Å². The first kappa shape index (κ1) is 16.8. The van der Waals surface area contributed by atoms with Crippen molar-refractivity contribution in [3.05, 3.63) is 34.7 Å². The van der Waals surface area contributed by atoms with E-state index in [-0.39, 0.29) is 4.91 Å². The molecule has 8 heteroatoms. The number of nitrogens with zero attached hydrogens (tertiary/aromatic N) is 1. The van der Waals surface area contributed by atoms with E-state index in [0.29, 0.717) is 11.3 Å². The zero-order valence-corrected chi connectivity index (χ0v) is 13.2. The summed E-state index contributed by atoms with van der Waals surface area (Å²) >= 11 is 0.749. The van der Waals surface area contributed by atoms with Gasteiger partial charge >= 0.3 is 11.9 Å². The first-order valence-corrected chi connectivity index (χ1v) is 7.33. The highest BCUT2D eigenvalue weighted by atomic mass is 32.2. The van der Waals surface area contributed by atoms with E-state index in [2.05, 4.69) is 4.74 Å². The van der Waals surface area contributed by atoms with Crippen LogP contribution in [0.2, 0.25) is 0 Å². The lowest BCUT2D eigenvalue weighted by molar-refractivity contribution is -0.143. The predicted molar refractivity (Wildman–Crippen MR) is 82.4 cm³/mol. The van der Waals surface area contributed by atoms with Crippen LogP contribution in [0.4, 0.5) is 4.79 Å². The zero-order valence-electron chi connectivity index (χ0n) is 12.4. The highest BCUT2D eigenvalue weighted by Crippen LogP contribution is 2.32. The van der Waals surface area contributed by atoms with Crippen molar-refractivity contribution in [2.24, 2.45) is 0 Å². The van der Waals surface area contributed by atoms with Gasteiger partial charge in [-0.25, -0.2) is 0 Å². The Balaban J connectivity index is 2.13. The van der Waals surface area contributed by atoms with E-state index >= 15 is 0 Å². The summed E-state index contributed by atoms with van der Waals surface area (Å²) in [7, 11) is 1.18. The van der Waals surface area contributed by atoms with Crippen molar-refractivity contribution in [2.75, 3.05) is 13.7 Å². The third-order valence-corrected chi connectivity index (χ3v) is 3.74. The summed E-state index contributed by atoms with van der Waals surface area (Å²) < 4.78 is 9.36. The Bertz CT molecular complexity index is 694. The number of carbonyl (C=O) groups excluding carboxylic acids is 4. The standard InChI is InChI=1S/C15H13NO6S/c1-9(17)22-11-5-3-10(4-6-11)7-12-14(19)16(15(20)23-12)8-13(18)21-2/h3-7H,8H2,1-2H3/b12-7-. The third kappa shape index (κ3) is 4.19. The van der Waals surface area contributed by atoms with Gasteiger partial charge in [0.05, 0.1) is 12.0 Å². The predicted octanol–water partition coefficient (Wildman–Crippen LogP) is 1.82. The summed E-state index contributed by atoms with van der Waals surface area (Å²) in [6.45, 7) is 0.884. The van der Waals surface area contributed by atoms with Gasteiger partial charge in [-0.1, -0.05) is 12.1 Å². The van der Waals surface area contributed by atoms with Crippen molar-refractivity contribution in [3.8, 4) is 5.75 Å². The van der Waals surface area contributed by atoms with E-state index in [9.17, 15) is 19.2 Å². The van der Waals surface area contributed by atoms with Crippen LogP contribution in [0.15, 0.2) is 29.2 Å². The van der Waals surface area contributed by atoms with E-state index in [1.807, 2.05) is 0 Å². The molecule has 0 radical (unpaired) electrons. The molecule has 0 bridgehead atoms. The highest BCUT2D eigenvalue weighted by Gasteiger charge is 2.36. The molecule has 0 atom stereocenters. The molecule has 0 aliphatic carbocycles. The maximum Gasteiger partial charge on any atom is 0.325 e. The lowest BCUT2D eigenvalue weighted by atomic mass is 10.2. The fourth-order valence-corrected chi connectivity index (χ4v) is 2.62. The summed E-state index contributed by atoms with van der Waals surface area (Å²) in [5.74, 6) is -1.26. The van der Waals surface area contributed by atoms with Gasteiger partial charge in [-0.15, -0.1) is 0 Å². The van der Waals surface area contributed by atoms with Gasteiger partial charge in [0.2, 0.25) is 0 Å². The van der Waals surface area contributed by atoms with Gasteiger partial charge in [-0.2, -0.15) is 0 Å². The molecule has 0 N–H and O–H groups in total. The van der Waals surface area contributed by atoms with E-state index in [0.717, 1.165) is 16.7 Å². The maximum absolute atomic E-state index is 12.1. The molecular formula is C15H13NO6S. The normalized spacial score (nSPS) is 15.9. The molecule has 120 valence electrons. The molecule has 23 heavy (non-hydrogen) atoms. The molecule has 1 saturated heterocycles. The van der Waals surface area contributed by atoms with Crippen LogP contribution >= 0.6 is 11.8 Å². The Morgan fingerprint density at radius 1 is 1.22 bits per heavy atom. The molecule has 2 amide bonds. The number of hydrogen-bond acceptors (Lipinski definition) is 7. The number of rotatable bonds is 4. The molecule has 0 spiro atoms. The van der Waals surface area contributed by atoms with Crippen LogP contribution in [0.5, 0.6) is 5.75 Å². The summed E-state index contributed by atoms with van der Waals surface area (Å²) in [5.41, 5.74) is 0.657. The second kappa shape index (κ2) is 7.10. The van der Waals surface area contributed by atoms with E-state index < -0.39 is 29.6 Å². The van der Waals surface area contributed by atoms with Crippen LogP contribution in [-0.2, 0) is 19.1 Å². The number of thioether (sulfide) groups is 1. The average molecular weight is 335 g/mol. The zero-order chi connectivity index (χ0) is 17.0. The molecule has 1 heterocycles. The van der Waals surface area contributed by atoms with Crippen LogP contribution in [-0.4, -0.2) is 41.6 Å². The Labute approximate surface area is 136 Å². The van der Waals surface area contributed by atoms with E-state index in [4.69, 9.17) is 4.74 Å². The van der Waals surface area contributed by atoms with Crippen molar-refractivity contribution >= 4 is 40.9 Å². The van der Waals surface area contributed by atoms with Gasteiger partial charge in [0.1, 0.15) is 12.3 Å². The van der Waals surface area contributed by atoms with Gasteiger partial charge < -0.3 is 9.47 Å². The first-order valence-electron chi connectivity index (χ1n) is 6.51. The molecule has 0 saturated carbocycles. The summed E-state index contributed by atoms with van der Waals surface area (Å²) in [5, 5.41) is -0.525. The lowest BCUT2D eigenvalue weighted by Gasteiger charge is -2.09. The van der Waals surface area contributed by atoms with Gasteiger partial charge in [0.15, 0.2) is 0 Å². The Kier molecular flexibility index (Phi) is 5.17. The smallest absolute Gasteiger partial charge is 0.325 e. The number of amides is 2. The van der Waals surface area contributed by atoms with Crippen molar-refractivity contribution in [2.45, 2.75) is 6.92 Å². The van der Waals surface area contributed by atoms with Crippen molar-refractivity contribution in [3.63, 3.8) is 0 Å². The van der Waals surface area contributed by atoms with Gasteiger partial charge in [-0.3, -0.25) is 24.1 Å². The Morgan fingerprint density at radius 3 is 2.43 bits per heavy atom. The molecule has 0 aromatic heterocycles. The van der Waals surface area contributed by atoms with Gasteiger partial charge in [0, 0.05) is 6.92 Å². The second-order valence-electron chi connectivity index (χ2n) is 4.51. The molecule has 1 fully saturated rings. The largest absolute Gasteiger partial charge is 0.468 e. The molecule has 1 aromatic rings. The summed E-state index contributed by atoms with van der Waals surface area (Å²) in [6, 6.07) is 6.44. The van der Waals surface area contributed by atoms with Gasteiger partial charge in [0.25, 0.3) is 11.1 Å². The average Bonchev–Trinajstić information content (AvgIpc) is 2.76. The topological polar surface area (TPSA) is 90.0 Å². The number of hydrogen-bond donors (Lipinski definition) is 0. The summed E-state index contributed by atoms with van der Waals surface area (Å²) in [4.78, 5) is 47.0. The molecule has 1 aliphatic heterocycles. The third-order valence-electron chi connectivity index (χ3n) is 2.83. The molecule has 2 rings (SSSR count). The van der Waals surface area contributed by atoms with E-state index in [1.165, 1.54) is 20.1 Å². The van der Waals surface area contributed by atoms with Crippen LogP contribution in [0.25, 0.3) is 6.08 Å². The lowest BCUT2D eigenvalue weighted by Crippen LogP contribution is -2.34. The number of esters is 2. The molecule has 7 nitrogen and oxygen atoms in total. The first-order chi connectivity index (χ1) is 10.9. The van der Waals surface area contributed by atoms with Crippen LogP contribution in [0, 0.1) is 0 Å². The monoisotopic (exact) mass is 335 g/mol. The fourth-order valence-electron chi connectivity index (χ4n) is 1.78. The fraction of sp³-hybridized carbons (Fsp3) is 0.200. The van der Waals surface area contributed by atoms with Gasteiger partial charge in [-0.05, 0) is 35.5 Å². The molecular weight excluding hydrogens is 322 g/mol. The number of carbonyl (C=O) groups is 4. The van der Waals surface area contributed by atoms with Crippen LogP contribution in [0.1, 0.15) is 12.5 Å². The second-order valence-corrected chi connectivity index (χ2v) is 5.50. The minimum atomic E-state index is -0.667. The minimum Gasteiger partial charge on any atom is -0.468 e. The Morgan fingerprint density at radius 2 is 1.87 bits per heavy atom. The Hall–Kier alpha value is -2.61. The van der Waals surface area contributed by atoms with Crippen LogP contribution < -0.4 is 4.74 Å². The number of ether oxygens (including phenoxy) is 2. The molecule has 0 unspecified atom stereocenters. The number of benzene rings is 1. The minimum absolute atomic E-state index is 0.208. The van der Waals surface area contributed by atoms with Crippen LogP contribution in [0.3, 0.4) is 0 Å². The molecule has 1 aromatic carbocycles. The SMILES string of the molecule is COC(=O)CN1C(=O)S/C(=C\c2ccc(OC(C)=O)cc2)C1=O. The number of methoxy groups -OCH3 is 1. The number of imide groups is 1. The van der Waals surface area contributed by atoms with Crippen molar-refractivity contribution in [1.29, 1.82) is 0 Å².